The summed E-state index contributed by atoms with van der Waals surface area (Å²) in [5.41, 5.74) is 1.98. The quantitative estimate of drug-likeness (QED) is 0.874. The first kappa shape index (κ1) is 13.1. The Morgan fingerprint density at radius 2 is 1.90 bits per heavy atom. The maximum Gasteiger partial charge on any atom is 0.275 e. The molecule has 1 N–H and O–H groups in total. The minimum atomic E-state index is -0.229. The number of nitrogens with one attached hydrogen (secondary N) is 1. The summed E-state index contributed by atoms with van der Waals surface area (Å²) in [6, 6.07) is 11.1. The molecule has 0 spiro atoms. The number of amidine groups is 1. The average Bonchev–Trinajstić information content (AvgIpc) is 2.90. The first-order valence-corrected chi connectivity index (χ1v) is 6.43. The van der Waals surface area contributed by atoms with Crippen LogP contribution in [0.25, 0.3) is 6.08 Å². The molecule has 5 nitrogen and oxygen atoms in total. The van der Waals surface area contributed by atoms with Crippen molar-refractivity contribution in [3.8, 4) is 5.75 Å². The number of carbonyl (C=O) groups is 1. The van der Waals surface area contributed by atoms with E-state index in [0.717, 1.165) is 11.1 Å². The monoisotopic (exact) mass is 279 g/mol. The molecule has 0 saturated carbocycles. The predicted molar refractivity (Wildman–Crippen MR) is 79.9 cm³/mol. The van der Waals surface area contributed by atoms with Gasteiger partial charge in [0, 0.05) is 23.5 Å². The van der Waals surface area contributed by atoms with Crippen molar-refractivity contribution in [2.45, 2.75) is 0 Å². The van der Waals surface area contributed by atoms with Crippen LogP contribution in [-0.2, 0) is 4.79 Å². The normalized spacial score (nSPS) is 15.8. The lowest BCUT2D eigenvalue weighted by Crippen LogP contribution is -2.24. The number of benzene rings is 1. The smallest absolute Gasteiger partial charge is 0.275 e. The Labute approximate surface area is 122 Å². The molecule has 0 saturated heterocycles. The molecule has 3 rings (SSSR count). The fourth-order valence-corrected chi connectivity index (χ4v) is 2.05. The van der Waals surface area contributed by atoms with Gasteiger partial charge in [0.25, 0.3) is 5.91 Å². The second kappa shape index (κ2) is 5.58. The van der Waals surface area contributed by atoms with Crippen LogP contribution >= 0.6 is 0 Å². The van der Waals surface area contributed by atoms with Gasteiger partial charge in [-0.25, -0.2) is 4.99 Å². The number of aliphatic imine (C=N–C) groups is 1. The van der Waals surface area contributed by atoms with Crippen LogP contribution < -0.4 is 10.1 Å². The number of para-hydroxylation sites is 1. The van der Waals surface area contributed by atoms with E-state index in [1.807, 2.05) is 24.3 Å². The Kier molecular flexibility index (Phi) is 3.47. The molecule has 0 unspecified atom stereocenters. The summed E-state index contributed by atoms with van der Waals surface area (Å²) in [5, 5.41) is 2.75. The highest BCUT2D eigenvalue weighted by Gasteiger charge is 2.21. The summed E-state index contributed by atoms with van der Waals surface area (Å²) in [7, 11) is 1.59. The Morgan fingerprint density at radius 1 is 1.14 bits per heavy atom. The Balaban J connectivity index is 1.97. The first-order chi connectivity index (χ1) is 10.3. The van der Waals surface area contributed by atoms with E-state index in [-0.39, 0.29) is 5.91 Å². The lowest BCUT2D eigenvalue weighted by atomic mass is 10.1. The van der Waals surface area contributed by atoms with Crippen molar-refractivity contribution >= 4 is 17.8 Å². The summed E-state index contributed by atoms with van der Waals surface area (Å²) < 4.78 is 5.27. The summed E-state index contributed by atoms with van der Waals surface area (Å²) in [4.78, 5) is 20.3. The summed E-state index contributed by atoms with van der Waals surface area (Å²) in [6.07, 6.45) is 5.03. The third kappa shape index (κ3) is 2.67. The highest BCUT2D eigenvalue weighted by molar-refractivity contribution is 6.19. The zero-order valence-electron chi connectivity index (χ0n) is 11.4. The molecular formula is C16H13N3O2. The largest absolute Gasteiger partial charge is 0.496 e. The van der Waals surface area contributed by atoms with Crippen molar-refractivity contribution in [3.63, 3.8) is 0 Å². The molecule has 5 heteroatoms. The van der Waals surface area contributed by atoms with Crippen molar-refractivity contribution in [2.24, 2.45) is 4.99 Å². The van der Waals surface area contributed by atoms with Gasteiger partial charge in [-0.2, -0.15) is 0 Å². The molecule has 0 fully saturated rings. The van der Waals surface area contributed by atoms with E-state index in [0.29, 0.717) is 17.3 Å². The fourth-order valence-electron chi connectivity index (χ4n) is 2.05. The molecule has 2 heterocycles. The minimum Gasteiger partial charge on any atom is -0.496 e. The van der Waals surface area contributed by atoms with E-state index >= 15 is 0 Å². The second-order valence-electron chi connectivity index (χ2n) is 4.42. The second-order valence-corrected chi connectivity index (χ2v) is 4.42. The van der Waals surface area contributed by atoms with E-state index in [9.17, 15) is 4.79 Å². The summed E-state index contributed by atoms with van der Waals surface area (Å²) in [6.45, 7) is 0. The van der Waals surface area contributed by atoms with Crippen molar-refractivity contribution in [3.05, 3.63) is 65.6 Å². The van der Waals surface area contributed by atoms with Crippen molar-refractivity contribution in [2.75, 3.05) is 7.11 Å². The lowest BCUT2D eigenvalue weighted by Gasteiger charge is -2.03. The fraction of sp³-hybridized carbons (Fsp3) is 0.0625. The highest BCUT2D eigenvalue weighted by atomic mass is 16.5. The van der Waals surface area contributed by atoms with Crippen LogP contribution in [0.15, 0.2) is 59.5 Å². The number of nitrogens with zero attached hydrogens (tertiary/aromatic N) is 2. The SMILES string of the molecule is COc1ccccc1/C=C1\N=C(c2ccncc2)NC1=O. The van der Waals surface area contributed by atoms with Gasteiger partial charge in [-0.05, 0) is 24.3 Å². The first-order valence-electron chi connectivity index (χ1n) is 6.43. The van der Waals surface area contributed by atoms with Crippen LogP contribution in [0.3, 0.4) is 0 Å². The molecule has 1 amide bonds. The van der Waals surface area contributed by atoms with Gasteiger partial charge in [-0.1, -0.05) is 18.2 Å². The number of pyridine rings is 1. The van der Waals surface area contributed by atoms with E-state index in [1.165, 1.54) is 0 Å². The number of rotatable bonds is 3. The van der Waals surface area contributed by atoms with Crippen LogP contribution in [0, 0.1) is 0 Å². The molecule has 0 atom stereocenters. The van der Waals surface area contributed by atoms with Crippen LogP contribution in [0.5, 0.6) is 5.75 Å². The molecule has 2 aromatic rings. The molecular weight excluding hydrogens is 266 g/mol. The topological polar surface area (TPSA) is 63.6 Å². The van der Waals surface area contributed by atoms with Gasteiger partial charge in [0.15, 0.2) is 0 Å². The minimum absolute atomic E-state index is 0.229. The molecule has 21 heavy (non-hydrogen) atoms. The lowest BCUT2D eigenvalue weighted by molar-refractivity contribution is -0.115. The molecule has 0 bridgehead atoms. The van der Waals surface area contributed by atoms with Gasteiger partial charge < -0.3 is 10.1 Å². The van der Waals surface area contributed by atoms with Gasteiger partial charge in [-0.15, -0.1) is 0 Å². The van der Waals surface area contributed by atoms with E-state index in [1.54, 1.807) is 37.7 Å². The third-order valence-corrected chi connectivity index (χ3v) is 3.08. The van der Waals surface area contributed by atoms with Gasteiger partial charge in [0.05, 0.1) is 7.11 Å². The Bertz CT molecular complexity index is 736. The zero-order chi connectivity index (χ0) is 14.7. The van der Waals surface area contributed by atoms with Crippen molar-refractivity contribution in [1.29, 1.82) is 0 Å². The van der Waals surface area contributed by atoms with Crippen LogP contribution in [0.4, 0.5) is 0 Å². The number of hydrogen-bond donors (Lipinski definition) is 1. The molecule has 1 aliphatic heterocycles. The van der Waals surface area contributed by atoms with Crippen LogP contribution in [0.2, 0.25) is 0 Å². The molecule has 1 aromatic heterocycles. The van der Waals surface area contributed by atoms with Gasteiger partial charge in [0.1, 0.15) is 17.3 Å². The number of ether oxygens (including phenoxy) is 1. The maximum atomic E-state index is 12.0. The molecule has 104 valence electrons. The highest BCUT2D eigenvalue weighted by Crippen LogP contribution is 2.22. The summed E-state index contributed by atoms with van der Waals surface area (Å²) in [5.74, 6) is 1.00. The van der Waals surface area contributed by atoms with E-state index in [4.69, 9.17) is 4.74 Å². The van der Waals surface area contributed by atoms with Crippen molar-refractivity contribution in [1.82, 2.24) is 10.3 Å². The van der Waals surface area contributed by atoms with Crippen molar-refractivity contribution < 1.29 is 9.53 Å². The number of aromatic nitrogens is 1. The van der Waals surface area contributed by atoms with Crippen LogP contribution in [0.1, 0.15) is 11.1 Å². The molecule has 1 aromatic carbocycles. The zero-order valence-corrected chi connectivity index (χ0v) is 11.4. The average molecular weight is 279 g/mol. The molecule has 1 aliphatic rings. The maximum absolute atomic E-state index is 12.0. The Hall–Kier alpha value is -2.95. The molecule has 0 aliphatic carbocycles. The number of carbonyl (C=O) groups excluding carboxylic acids is 1. The number of hydrogen-bond acceptors (Lipinski definition) is 4. The third-order valence-electron chi connectivity index (χ3n) is 3.08. The van der Waals surface area contributed by atoms with Crippen LogP contribution in [-0.4, -0.2) is 23.8 Å². The standard InChI is InChI=1S/C16H13N3O2/c1-21-14-5-3-2-4-12(14)10-13-16(20)19-15(18-13)11-6-8-17-9-7-11/h2-10H,1H3,(H,18,19,20)/b13-10-. The summed E-state index contributed by atoms with van der Waals surface area (Å²) >= 11 is 0. The molecule has 0 radical (unpaired) electrons. The van der Waals surface area contributed by atoms with Gasteiger partial charge in [-0.3, -0.25) is 9.78 Å². The van der Waals surface area contributed by atoms with E-state index in [2.05, 4.69) is 15.3 Å². The van der Waals surface area contributed by atoms with Gasteiger partial charge in [0.2, 0.25) is 0 Å². The number of methoxy groups -OCH3 is 1. The van der Waals surface area contributed by atoms with E-state index < -0.39 is 0 Å². The number of amides is 1. The predicted octanol–water partition coefficient (Wildman–Crippen LogP) is 2.01. The van der Waals surface area contributed by atoms with Gasteiger partial charge >= 0.3 is 0 Å². The Morgan fingerprint density at radius 3 is 2.67 bits per heavy atom.